The molecule has 38 heavy (non-hydrogen) atoms. The number of para-hydroxylation sites is 2. The molecule has 208 valence electrons. The molecule has 0 bridgehead atoms. The quantitative estimate of drug-likeness (QED) is 0.127. The van der Waals surface area contributed by atoms with Crippen LogP contribution in [0.25, 0.3) is 0 Å². The van der Waals surface area contributed by atoms with Crippen molar-refractivity contribution in [2.24, 2.45) is 5.73 Å². The first-order valence-electron chi connectivity index (χ1n) is 12.3. The number of rotatable bonds is 14. The molecule has 3 amide bonds. The number of carbonyl (C=O) groups is 3. The van der Waals surface area contributed by atoms with Gasteiger partial charge >= 0.3 is 0 Å². The van der Waals surface area contributed by atoms with Gasteiger partial charge in [-0.1, -0.05) is 12.1 Å². The highest BCUT2D eigenvalue weighted by Gasteiger charge is 2.24. The lowest BCUT2D eigenvalue weighted by Gasteiger charge is -2.27. The second kappa shape index (κ2) is 14.6. The molecule has 12 nitrogen and oxygen atoms in total. The molecule has 0 aliphatic carbocycles. The first-order valence-corrected chi connectivity index (χ1v) is 12.3. The number of aliphatic hydroxyl groups is 1. The summed E-state index contributed by atoms with van der Waals surface area (Å²) >= 11 is 0. The fourth-order valence-electron chi connectivity index (χ4n) is 3.63. The zero-order chi connectivity index (χ0) is 28.2. The number of phenolic OH excluding ortho intramolecular Hbond substituents is 4. The Kier molecular flexibility index (Phi) is 11.6. The highest BCUT2D eigenvalue weighted by molar-refractivity contribution is 5.98. The fraction of sp³-hybridized carbons (Fsp3) is 0.423. The van der Waals surface area contributed by atoms with Crippen LogP contribution in [0.2, 0.25) is 0 Å². The third kappa shape index (κ3) is 8.53. The normalized spacial score (nSPS) is 12.4. The Morgan fingerprint density at radius 1 is 0.789 bits per heavy atom. The Morgan fingerprint density at radius 2 is 1.21 bits per heavy atom. The number of unbranched alkanes of at least 4 members (excludes halogenated alkanes) is 2. The second-order valence-corrected chi connectivity index (χ2v) is 8.86. The summed E-state index contributed by atoms with van der Waals surface area (Å²) in [7, 11) is 0. The van der Waals surface area contributed by atoms with Gasteiger partial charge in [0.1, 0.15) is 6.04 Å². The van der Waals surface area contributed by atoms with Crippen molar-refractivity contribution in [3.63, 3.8) is 0 Å². The lowest BCUT2D eigenvalue weighted by molar-refractivity contribution is -0.135. The van der Waals surface area contributed by atoms with Crippen LogP contribution in [0.4, 0.5) is 0 Å². The molecule has 2 aromatic carbocycles. The molecule has 0 unspecified atom stereocenters. The van der Waals surface area contributed by atoms with E-state index in [1.165, 1.54) is 48.2 Å². The molecule has 12 heteroatoms. The second-order valence-electron chi connectivity index (χ2n) is 8.86. The largest absolute Gasteiger partial charge is 0.504 e. The Bertz CT molecular complexity index is 1040. The average Bonchev–Trinajstić information content (AvgIpc) is 2.88. The summed E-state index contributed by atoms with van der Waals surface area (Å²) in [6.07, 6.45) is 1.05. The van der Waals surface area contributed by atoms with Crippen LogP contribution in [0, 0.1) is 0 Å². The van der Waals surface area contributed by atoms with Crippen LogP contribution >= 0.6 is 0 Å². The molecule has 2 aromatic rings. The summed E-state index contributed by atoms with van der Waals surface area (Å²) in [6.45, 7) is 2.63. The molecule has 0 aromatic heterocycles. The SMILES string of the molecule is C[C@@H](O)[C@H](N)C(=O)N(CCCCNC(=O)c1cccc(O)c1O)CCCCNC(=O)c1cccc(O)c1O. The van der Waals surface area contributed by atoms with Crippen LogP contribution in [0.1, 0.15) is 53.3 Å². The number of aliphatic hydroxyl groups excluding tert-OH is 1. The van der Waals surface area contributed by atoms with Crippen molar-refractivity contribution in [3.8, 4) is 23.0 Å². The summed E-state index contributed by atoms with van der Waals surface area (Å²) in [5.41, 5.74) is 5.75. The highest BCUT2D eigenvalue weighted by atomic mass is 16.3. The minimum absolute atomic E-state index is 0.0453. The van der Waals surface area contributed by atoms with Crippen molar-refractivity contribution in [1.29, 1.82) is 0 Å². The van der Waals surface area contributed by atoms with Crippen molar-refractivity contribution >= 4 is 17.7 Å². The molecule has 2 atom stereocenters. The molecule has 0 saturated heterocycles. The smallest absolute Gasteiger partial charge is 0.255 e. The minimum atomic E-state index is -1.09. The van der Waals surface area contributed by atoms with Gasteiger partial charge in [0.15, 0.2) is 23.0 Å². The fourth-order valence-corrected chi connectivity index (χ4v) is 3.63. The van der Waals surface area contributed by atoms with E-state index in [0.717, 1.165) is 0 Å². The van der Waals surface area contributed by atoms with Gasteiger partial charge in [0.2, 0.25) is 5.91 Å². The molecule has 9 N–H and O–H groups in total. The summed E-state index contributed by atoms with van der Waals surface area (Å²) in [6, 6.07) is 7.11. The standard InChI is InChI=1S/C26H36N4O8/c1-16(31)21(27)26(38)30(14-4-2-12-28-24(36)17-8-6-10-19(32)22(17)34)15-5-3-13-29-25(37)18-9-7-11-20(33)23(18)35/h6-11,16,21,31-35H,2-5,12-15,27H2,1H3,(H,28,36)(H,29,37)/t16-,21+/m1/s1. The molecule has 0 fully saturated rings. The van der Waals surface area contributed by atoms with Crippen LogP contribution in [0.15, 0.2) is 36.4 Å². The van der Waals surface area contributed by atoms with Gasteiger partial charge in [-0.2, -0.15) is 0 Å². The summed E-state index contributed by atoms with van der Waals surface area (Å²) in [5.74, 6) is -3.27. The van der Waals surface area contributed by atoms with Crippen molar-refractivity contribution in [2.45, 2.75) is 44.8 Å². The molecule has 0 saturated carbocycles. The Balaban J connectivity index is 1.80. The van der Waals surface area contributed by atoms with Crippen LogP contribution in [-0.2, 0) is 4.79 Å². The lowest BCUT2D eigenvalue weighted by Crippen LogP contribution is -2.49. The third-order valence-electron chi connectivity index (χ3n) is 5.92. The van der Waals surface area contributed by atoms with Gasteiger partial charge in [-0.05, 0) is 56.9 Å². The number of nitrogens with one attached hydrogen (secondary N) is 2. The van der Waals surface area contributed by atoms with Crippen LogP contribution in [0.5, 0.6) is 23.0 Å². The Hall–Kier alpha value is -4.03. The van der Waals surface area contributed by atoms with E-state index in [4.69, 9.17) is 5.73 Å². The van der Waals surface area contributed by atoms with Gasteiger partial charge in [-0.3, -0.25) is 14.4 Å². The zero-order valence-electron chi connectivity index (χ0n) is 21.3. The summed E-state index contributed by atoms with van der Waals surface area (Å²) in [5, 5.41) is 53.7. The zero-order valence-corrected chi connectivity index (χ0v) is 21.3. The Labute approximate surface area is 220 Å². The van der Waals surface area contributed by atoms with Gasteiger partial charge in [0.25, 0.3) is 11.8 Å². The maximum absolute atomic E-state index is 12.7. The van der Waals surface area contributed by atoms with Crippen molar-refractivity contribution in [1.82, 2.24) is 15.5 Å². The van der Waals surface area contributed by atoms with Crippen LogP contribution < -0.4 is 16.4 Å². The number of phenols is 4. The van der Waals surface area contributed by atoms with E-state index in [1.807, 2.05) is 0 Å². The molecule has 0 heterocycles. The topological polar surface area (TPSA) is 206 Å². The van der Waals surface area contributed by atoms with Crippen molar-refractivity contribution < 1.29 is 39.9 Å². The first kappa shape index (κ1) is 30.2. The number of carbonyl (C=O) groups excluding carboxylic acids is 3. The van der Waals surface area contributed by atoms with Gasteiger partial charge in [-0.25, -0.2) is 0 Å². The van der Waals surface area contributed by atoms with E-state index in [0.29, 0.717) is 38.8 Å². The van der Waals surface area contributed by atoms with E-state index < -0.39 is 52.9 Å². The maximum Gasteiger partial charge on any atom is 0.255 e. The van der Waals surface area contributed by atoms with Gasteiger partial charge < -0.3 is 46.8 Å². The van der Waals surface area contributed by atoms with E-state index >= 15 is 0 Å². The summed E-state index contributed by atoms with van der Waals surface area (Å²) < 4.78 is 0. The van der Waals surface area contributed by atoms with Crippen LogP contribution in [-0.4, -0.2) is 86.5 Å². The number of amides is 3. The molecule has 0 aliphatic heterocycles. The summed E-state index contributed by atoms with van der Waals surface area (Å²) in [4.78, 5) is 38.7. The number of nitrogens with zero attached hydrogens (tertiary/aromatic N) is 1. The van der Waals surface area contributed by atoms with E-state index in [-0.39, 0.29) is 24.2 Å². The lowest BCUT2D eigenvalue weighted by atomic mass is 10.1. The molecule has 2 rings (SSSR count). The Morgan fingerprint density at radius 3 is 1.61 bits per heavy atom. The number of aromatic hydroxyl groups is 4. The number of hydrogen-bond donors (Lipinski definition) is 8. The predicted octanol–water partition coefficient (Wildman–Crippen LogP) is 0.766. The predicted molar refractivity (Wildman–Crippen MR) is 139 cm³/mol. The molecular weight excluding hydrogens is 496 g/mol. The van der Waals surface area contributed by atoms with Crippen LogP contribution in [0.3, 0.4) is 0 Å². The maximum atomic E-state index is 12.7. The first-order chi connectivity index (χ1) is 18.0. The highest BCUT2D eigenvalue weighted by Crippen LogP contribution is 2.28. The number of hydrogen-bond acceptors (Lipinski definition) is 9. The van der Waals surface area contributed by atoms with Gasteiger partial charge in [0.05, 0.1) is 17.2 Å². The van der Waals surface area contributed by atoms with Gasteiger partial charge in [0, 0.05) is 26.2 Å². The van der Waals surface area contributed by atoms with Crippen molar-refractivity contribution in [2.75, 3.05) is 26.2 Å². The minimum Gasteiger partial charge on any atom is -0.504 e. The van der Waals surface area contributed by atoms with E-state index in [2.05, 4.69) is 10.6 Å². The molecular formula is C26H36N4O8. The number of nitrogens with two attached hydrogens (primary N) is 1. The average molecular weight is 533 g/mol. The number of benzene rings is 2. The van der Waals surface area contributed by atoms with E-state index in [9.17, 15) is 39.9 Å². The van der Waals surface area contributed by atoms with E-state index in [1.54, 1.807) is 0 Å². The molecule has 0 radical (unpaired) electrons. The molecule has 0 spiro atoms. The third-order valence-corrected chi connectivity index (χ3v) is 5.92. The molecule has 0 aliphatic rings. The van der Waals surface area contributed by atoms with Gasteiger partial charge in [-0.15, -0.1) is 0 Å². The van der Waals surface area contributed by atoms with Crippen molar-refractivity contribution in [3.05, 3.63) is 47.5 Å². The monoisotopic (exact) mass is 532 g/mol.